The van der Waals surface area contributed by atoms with Crippen molar-refractivity contribution in [3.8, 4) is 0 Å². The lowest BCUT2D eigenvalue weighted by molar-refractivity contribution is -0.385. The standard InChI is InChI=1S/C16H17N5O3/c17-10-4-5-12-9(6-10)2-1-3-14(12)20-16-13(15(18)22)7-11(8-19-16)21(23)24/h4-8,14H,1-3,17H2,(H2,18,22)(H,19,20). The van der Waals surface area contributed by atoms with E-state index in [-0.39, 0.29) is 23.1 Å². The van der Waals surface area contributed by atoms with Crippen LogP contribution >= 0.6 is 0 Å². The van der Waals surface area contributed by atoms with E-state index in [9.17, 15) is 14.9 Å². The smallest absolute Gasteiger partial charge is 0.288 e. The highest BCUT2D eigenvalue weighted by Crippen LogP contribution is 2.34. The van der Waals surface area contributed by atoms with E-state index in [2.05, 4.69) is 10.3 Å². The highest BCUT2D eigenvalue weighted by Gasteiger charge is 2.23. The summed E-state index contributed by atoms with van der Waals surface area (Å²) in [4.78, 5) is 25.9. The summed E-state index contributed by atoms with van der Waals surface area (Å²) in [6, 6.07) is 6.82. The van der Waals surface area contributed by atoms with E-state index in [1.54, 1.807) is 0 Å². The molecule has 124 valence electrons. The first-order valence-corrected chi connectivity index (χ1v) is 7.55. The van der Waals surface area contributed by atoms with Gasteiger partial charge in [0.15, 0.2) is 0 Å². The van der Waals surface area contributed by atoms with Crippen molar-refractivity contribution in [3.05, 3.63) is 57.3 Å². The molecule has 1 aliphatic rings. The van der Waals surface area contributed by atoms with Crippen molar-refractivity contribution >= 4 is 23.1 Å². The summed E-state index contributed by atoms with van der Waals surface area (Å²) in [5, 5.41) is 14.1. The third-order valence-corrected chi connectivity index (χ3v) is 4.14. The fraction of sp³-hybridized carbons (Fsp3) is 0.250. The number of hydrogen-bond acceptors (Lipinski definition) is 6. The Hall–Kier alpha value is -3.16. The minimum absolute atomic E-state index is 0.00627. The minimum Gasteiger partial charge on any atom is -0.399 e. The van der Waals surface area contributed by atoms with Crippen LogP contribution in [0.2, 0.25) is 0 Å². The topological polar surface area (TPSA) is 137 Å². The zero-order chi connectivity index (χ0) is 17.3. The molecule has 24 heavy (non-hydrogen) atoms. The molecular weight excluding hydrogens is 310 g/mol. The van der Waals surface area contributed by atoms with Crippen LogP contribution in [0.25, 0.3) is 0 Å². The monoisotopic (exact) mass is 327 g/mol. The Morgan fingerprint density at radius 3 is 2.88 bits per heavy atom. The number of nitrogen functional groups attached to an aromatic ring is 1. The number of pyridine rings is 1. The van der Waals surface area contributed by atoms with Gasteiger partial charge in [-0.25, -0.2) is 4.98 Å². The number of fused-ring (bicyclic) bond motifs is 1. The molecule has 5 N–H and O–H groups in total. The van der Waals surface area contributed by atoms with Gasteiger partial charge in [-0.15, -0.1) is 0 Å². The molecule has 8 nitrogen and oxygen atoms in total. The number of nitrogens with zero attached hydrogens (tertiary/aromatic N) is 2. The molecule has 1 atom stereocenters. The largest absolute Gasteiger partial charge is 0.399 e. The average Bonchev–Trinajstić information content (AvgIpc) is 2.54. The molecule has 0 saturated heterocycles. The molecule has 1 amide bonds. The number of carbonyl (C=O) groups excluding carboxylic acids is 1. The molecule has 1 aromatic carbocycles. The zero-order valence-electron chi connectivity index (χ0n) is 12.9. The van der Waals surface area contributed by atoms with Crippen molar-refractivity contribution < 1.29 is 9.72 Å². The van der Waals surface area contributed by atoms with Gasteiger partial charge in [-0.2, -0.15) is 0 Å². The summed E-state index contributed by atoms with van der Waals surface area (Å²) in [6.07, 6.45) is 3.87. The van der Waals surface area contributed by atoms with E-state index >= 15 is 0 Å². The summed E-state index contributed by atoms with van der Waals surface area (Å²) in [6.45, 7) is 0. The highest BCUT2D eigenvalue weighted by atomic mass is 16.6. The lowest BCUT2D eigenvalue weighted by Crippen LogP contribution is -2.21. The number of benzene rings is 1. The van der Waals surface area contributed by atoms with E-state index in [1.165, 1.54) is 0 Å². The Balaban J connectivity index is 1.95. The van der Waals surface area contributed by atoms with Crippen molar-refractivity contribution in [1.82, 2.24) is 4.98 Å². The van der Waals surface area contributed by atoms with Gasteiger partial charge in [-0.1, -0.05) is 6.07 Å². The number of rotatable bonds is 4. The maximum Gasteiger partial charge on any atom is 0.288 e. The number of nitrogens with two attached hydrogens (primary N) is 2. The van der Waals surface area contributed by atoms with E-state index in [1.807, 2.05) is 18.2 Å². The van der Waals surface area contributed by atoms with Crippen LogP contribution in [0, 0.1) is 10.1 Å². The molecule has 0 aliphatic heterocycles. The van der Waals surface area contributed by atoms with Gasteiger partial charge in [-0.3, -0.25) is 14.9 Å². The fourth-order valence-electron chi connectivity index (χ4n) is 3.01. The van der Waals surface area contributed by atoms with Gasteiger partial charge in [-0.05, 0) is 42.5 Å². The van der Waals surface area contributed by atoms with Crippen LogP contribution in [0.4, 0.5) is 17.2 Å². The van der Waals surface area contributed by atoms with Crippen LogP contribution in [0.1, 0.15) is 40.4 Å². The second-order valence-electron chi connectivity index (χ2n) is 5.76. The molecule has 1 aromatic heterocycles. The molecule has 1 heterocycles. The average molecular weight is 327 g/mol. The summed E-state index contributed by atoms with van der Waals surface area (Å²) >= 11 is 0. The number of aromatic nitrogens is 1. The third kappa shape index (κ3) is 2.98. The number of primary amides is 1. The predicted molar refractivity (Wildman–Crippen MR) is 89.6 cm³/mol. The molecule has 0 bridgehead atoms. The molecule has 2 aromatic rings. The summed E-state index contributed by atoms with van der Waals surface area (Å²) in [7, 11) is 0. The first-order chi connectivity index (χ1) is 11.5. The number of hydrogen-bond donors (Lipinski definition) is 3. The van der Waals surface area contributed by atoms with Crippen LogP contribution in [0.15, 0.2) is 30.5 Å². The Bertz CT molecular complexity index is 821. The summed E-state index contributed by atoms with van der Waals surface area (Å²) in [5.74, 6) is -0.509. The van der Waals surface area contributed by atoms with Crippen molar-refractivity contribution in [2.75, 3.05) is 11.1 Å². The Morgan fingerprint density at radius 1 is 1.38 bits per heavy atom. The molecular formula is C16H17N5O3. The summed E-state index contributed by atoms with van der Waals surface area (Å²) < 4.78 is 0. The second kappa shape index (κ2) is 6.15. The molecule has 8 heteroatoms. The van der Waals surface area contributed by atoms with Gasteiger partial charge in [0.1, 0.15) is 12.0 Å². The van der Waals surface area contributed by atoms with Crippen LogP contribution in [-0.2, 0) is 6.42 Å². The highest BCUT2D eigenvalue weighted by molar-refractivity contribution is 5.98. The third-order valence-electron chi connectivity index (χ3n) is 4.14. The van der Waals surface area contributed by atoms with Gasteiger partial charge in [0.05, 0.1) is 16.5 Å². The number of nitrogens with one attached hydrogen (secondary N) is 1. The van der Waals surface area contributed by atoms with Crippen molar-refractivity contribution in [2.45, 2.75) is 25.3 Å². The lowest BCUT2D eigenvalue weighted by atomic mass is 9.87. The quantitative estimate of drug-likeness (QED) is 0.447. The van der Waals surface area contributed by atoms with E-state index in [0.29, 0.717) is 5.69 Å². The predicted octanol–water partition coefficient (Wildman–Crippen LogP) is 2.16. The molecule has 0 radical (unpaired) electrons. The van der Waals surface area contributed by atoms with Crippen molar-refractivity contribution in [1.29, 1.82) is 0 Å². The Kier molecular flexibility index (Phi) is 4.03. The fourth-order valence-corrected chi connectivity index (χ4v) is 3.01. The lowest BCUT2D eigenvalue weighted by Gasteiger charge is -2.27. The number of anilines is 2. The van der Waals surface area contributed by atoms with Crippen LogP contribution in [-0.4, -0.2) is 15.8 Å². The molecule has 3 rings (SSSR count). The SMILES string of the molecule is NC(=O)c1cc([N+](=O)[O-])cnc1NC1CCCc2cc(N)ccc21. The molecule has 0 fully saturated rings. The first kappa shape index (κ1) is 15.7. The number of aryl methyl sites for hydroxylation is 1. The number of carbonyl (C=O) groups is 1. The van der Waals surface area contributed by atoms with Gasteiger partial charge in [0.25, 0.3) is 11.6 Å². The minimum atomic E-state index is -0.762. The summed E-state index contributed by atoms with van der Waals surface area (Å²) in [5.41, 5.74) is 13.9. The van der Waals surface area contributed by atoms with Gasteiger partial charge < -0.3 is 16.8 Å². The maximum atomic E-state index is 11.6. The van der Waals surface area contributed by atoms with Gasteiger partial charge in [0.2, 0.25) is 0 Å². The molecule has 0 spiro atoms. The second-order valence-corrected chi connectivity index (χ2v) is 5.76. The number of nitro groups is 1. The van der Waals surface area contributed by atoms with E-state index < -0.39 is 10.8 Å². The molecule has 0 saturated carbocycles. The molecule has 1 unspecified atom stereocenters. The van der Waals surface area contributed by atoms with Crippen LogP contribution in [0.5, 0.6) is 0 Å². The Morgan fingerprint density at radius 2 is 2.17 bits per heavy atom. The zero-order valence-corrected chi connectivity index (χ0v) is 12.9. The van der Waals surface area contributed by atoms with Gasteiger partial charge >= 0.3 is 0 Å². The van der Waals surface area contributed by atoms with Crippen LogP contribution in [0.3, 0.4) is 0 Å². The maximum absolute atomic E-state index is 11.6. The van der Waals surface area contributed by atoms with E-state index in [0.717, 1.165) is 42.7 Å². The van der Waals surface area contributed by atoms with Crippen molar-refractivity contribution in [2.24, 2.45) is 5.73 Å². The normalized spacial score (nSPS) is 16.2. The Labute approximate surface area is 138 Å². The first-order valence-electron chi connectivity index (χ1n) is 7.55. The van der Waals surface area contributed by atoms with Crippen molar-refractivity contribution in [3.63, 3.8) is 0 Å². The van der Waals surface area contributed by atoms with E-state index in [4.69, 9.17) is 11.5 Å². The molecule has 1 aliphatic carbocycles. The number of amides is 1. The van der Waals surface area contributed by atoms with Gasteiger partial charge in [0, 0.05) is 11.8 Å². The van der Waals surface area contributed by atoms with Crippen LogP contribution < -0.4 is 16.8 Å².